The summed E-state index contributed by atoms with van der Waals surface area (Å²) in [5.74, 6) is 0.0413. The van der Waals surface area contributed by atoms with Crippen LogP contribution < -0.4 is 5.32 Å². The molecule has 0 saturated heterocycles. The van der Waals surface area contributed by atoms with Gasteiger partial charge in [-0.05, 0) is 54.5 Å². The molecule has 0 fully saturated rings. The summed E-state index contributed by atoms with van der Waals surface area (Å²) in [6, 6.07) is 13.5. The molecule has 1 aliphatic carbocycles. The third-order valence-electron chi connectivity index (χ3n) is 5.25. The third-order valence-corrected chi connectivity index (χ3v) is 6.42. The SMILES string of the molecule is CCOC(=O)c1c(NC(=O)c2cccc3ccccc23)sc2c1CC[C@H](C)C2. The quantitative estimate of drug-likeness (QED) is 0.599. The van der Waals surface area contributed by atoms with Crippen LogP contribution in [0.1, 0.15) is 51.4 Å². The van der Waals surface area contributed by atoms with E-state index in [1.807, 2.05) is 42.5 Å². The number of thiophene rings is 1. The molecule has 0 aliphatic heterocycles. The number of esters is 1. The van der Waals surface area contributed by atoms with Crippen LogP contribution in [-0.4, -0.2) is 18.5 Å². The van der Waals surface area contributed by atoms with Crippen molar-refractivity contribution in [2.24, 2.45) is 5.92 Å². The summed E-state index contributed by atoms with van der Waals surface area (Å²) in [5, 5.41) is 5.53. The van der Waals surface area contributed by atoms with E-state index >= 15 is 0 Å². The van der Waals surface area contributed by atoms with Crippen molar-refractivity contribution in [1.29, 1.82) is 0 Å². The molecule has 0 spiro atoms. The first-order valence-electron chi connectivity index (χ1n) is 9.69. The van der Waals surface area contributed by atoms with Crippen LogP contribution in [0.2, 0.25) is 0 Å². The molecule has 1 aromatic heterocycles. The van der Waals surface area contributed by atoms with Crippen molar-refractivity contribution in [1.82, 2.24) is 0 Å². The van der Waals surface area contributed by atoms with Gasteiger partial charge in [0, 0.05) is 10.4 Å². The molecule has 144 valence electrons. The van der Waals surface area contributed by atoms with Crippen LogP contribution in [0, 0.1) is 5.92 Å². The Kier molecular flexibility index (Phi) is 5.18. The van der Waals surface area contributed by atoms with Crippen molar-refractivity contribution in [2.45, 2.75) is 33.1 Å². The van der Waals surface area contributed by atoms with Gasteiger partial charge in [-0.2, -0.15) is 0 Å². The van der Waals surface area contributed by atoms with Gasteiger partial charge in [-0.1, -0.05) is 43.3 Å². The monoisotopic (exact) mass is 393 g/mol. The number of ether oxygens (including phenoxy) is 1. The fourth-order valence-corrected chi connectivity index (χ4v) is 5.25. The summed E-state index contributed by atoms with van der Waals surface area (Å²) in [5.41, 5.74) is 2.20. The van der Waals surface area contributed by atoms with Gasteiger partial charge in [-0.3, -0.25) is 4.79 Å². The number of fused-ring (bicyclic) bond motifs is 2. The topological polar surface area (TPSA) is 55.4 Å². The lowest BCUT2D eigenvalue weighted by molar-refractivity contribution is 0.0526. The smallest absolute Gasteiger partial charge is 0.341 e. The zero-order valence-corrected chi connectivity index (χ0v) is 16.9. The third kappa shape index (κ3) is 3.42. The van der Waals surface area contributed by atoms with Gasteiger partial charge in [0.25, 0.3) is 5.91 Å². The van der Waals surface area contributed by atoms with Crippen LogP contribution in [0.3, 0.4) is 0 Å². The Labute approximate surface area is 168 Å². The molecule has 3 aromatic rings. The van der Waals surface area contributed by atoms with E-state index in [4.69, 9.17) is 4.74 Å². The van der Waals surface area contributed by atoms with Crippen LogP contribution in [0.5, 0.6) is 0 Å². The summed E-state index contributed by atoms with van der Waals surface area (Å²) in [6.45, 7) is 4.34. The molecular weight excluding hydrogens is 370 g/mol. The van der Waals surface area contributed by atoms with E-state index in [2.05, 4.69) is 12.2 Å². The minimum absolute atomic E-state index is 0.200. The Morgan fingerprint density at radius 3 is 2.79 bits per heavy atom. The minimum atomic E-state index is -0.345. The number of benzene rings is 2. The Balaban J connectivity index is 1.72. The second-order valence-corrected chi connectivity index (χ2v) is 8.36. The summed E-state index contributed by atoms with van der Waals surface area (Å²) in [4.78, 5) is 26.9. The van der Waals surface area contributed by atoms with Gasteiger partial charge >= 0.3 is 5.97 Å². The van der Waals surface area contributed by atoms with E-state index in [0.29, 0.717) is 28.7 Å². The van der Waals surface area contributed by atoms with E-state index in [0.717, 1.165) is 35.6 Å². The molecule has 1 N–H and O–H groups in total. The predicted octanol–water partition coefficient (Wildman–Crippen LogP) is 5.46. The Bertz CT molecular complexity index is 1050. The number of carbonyl (C=O) groups is 2. The van der Waals surface area contributed by atoms with Crippen molar-refractivity contribution in [3.63, 3.8) is 0 Å². The van der Waals surface area contributed by atoms with Crippen molar-refractivity contribution in [3.8, 4) is 0 Å². The molecule has 1 aliphatic rings. The predicted molar refractivity (Wildman–Crippen MR) is 113 cm³/mol. The molecule has 0 radical (unpaired) electrons. The van der Waals surface area contributed by atoms with Crippen LogP contribution in [0.25, 0.3) is 10.8 Å². The summed E-state index contributed by atoms with van der Waals surface area (Å²) >= 11 is 1.52. The molecule has 0 bridgehead atoms. The molecule has 1 amide bonds. The van der Waals surface area contributed by atoms with Crippen molar-refractivity contribution >= 4 is 39.0 Å². The zero-order valence-electron chi connectivity index (χ0n) is 16.1. The lowest BCUT2D eigenvalue weighted by Gasteiger charge is -2.18. The molecule has 0 saturated carbocycles. The number of carbonyl (C=O) groups excluding carboxylic acids is 2. The second kappa shape index (κ2) is 7.76. The number of hydrogen-bond donors (Lipinski definition) is 1. The van der Waals surface area contributed by atoms with Crippen LogP contribution in [0.15, 0.2) is 42.5 Å². The Morgan fingerprint density at radius 1 is 1.18 bits per heavy atom. The van der Waals surface area contributed by atoms with E-state index in [-0.39, 0.29) is 11.9 Å². The maximum absolute atomic E-state index is 13.1. The molecule has 1 heterocycles. The summed E-state index contributed by atoms with van der Waals surface area (Å²) in [6.07, 6.45) is 2.84. The molecule has 5 heteroatoms. The van der Waals surface area contributed by atoms with Crippen molar-refractivity contribution in [2.75, 3.05) is 11.9 Å². The first kappa shape index (κ1) is 18.7. The normalized spacial score (nSPS) is 15.9. The minimum Gasteiger partial charge on any atom is -0.462 e. The van der Waals surface area contributed by atoms with E-state index < -0.39 is 0 Å². The average molecular weight is 394 g/mol. The highest BCUT2D eigenvalue weighted by atomic mass is 32.1. The zero-order chi connectivity index (χ0) is 19.7. The van der Waals surface area contributed by atoms with Gasteiger partial charge < -0.3 is 10.1 Å². The molecule has 0 unspecified atom stereocenters. The van der Waals surface area contributed by atoms with Crippen molar-refractivity contribution < 1.29 is 14.3 Å². The number of rotatable bonds is 4. The van der Waals surface area contributed by atoms with Crippen LogP contribution in [0.4, 0.5) is 5.00 Å². The largest absolute Gasteiger partial charge is 0.462 e. The van der Waals surface area contributed by atoms with Crippen LogP contribution in [-0.2, 0) is 17.6 Å². The maximum atomic E-state index is 13.1. The average Bonchev–Trinajstić information content (AvgIpc) is 3.04. The Hall–Kier alpha value is -2.66. The summed E-state index contributed by atoms with van der Waals surface area (Å²) in [7, 11) is 0. The number of hydrogen-bond acceptors (Lipinski definition) is 4. The Morgan fingerprint density at radius 2 is 1.96 bits per heavy atom. The fraction of sp³-hybridized carbons (Fsp3) is 0.304. The second-order valence-electron chi connectivity index (χ2n) is 7.26. The van der Waals surface area contributed by atoms with Gasteiger partial charge in [-0.25, -0.2) is 4.79 Å². The number of anilines is 1. The van der Waals surface area contributed by atoms with Gasteiger partial charge in [0.2, 0.25) is 0 Å². The molecule has 28 heavy (non-hydrogen) atoms. The van der Waals surface area contributed by atoms with Gasteiger partial charge in [-0.15, -0.1) is 11.3 Å². The highest BCUT2D eigenvalue weighted by Gasteiger charge is 2.29. The van der Waals surface area contributed by atoms with Crippen LogP contribution >= 0.6 is 11.3 Å². The first-order chi connectivity index (χ1) is 13.6. The lowest BCUT2D eigenvalue weighted by Crippen LogP contribution is -2.17. The fourth-order valence-electron chi connectivity index (χ4n) is 3.85. The van der Waals surface area contributed by atoms with Gasteiger partial charge in [0.05, 0.1) is 12.2 Å². The molecule has 1 atom stereocenters. The highest BCUT2D eigenvalue weighted by molar-refractivity contribution is 7.17. The standard InChI is InChI=1S/C23H23NO3S/c1-3-27-23(26)20-18-12-11-14(2)13-19(18)28-22(20)24-21(25)17-10-6-8-15-7-4-5-9-16(15)17/h4-10,14H,3,11-13H2,1-2H3,(H,24,25)/t14-/m0/s1. The number of nitrogens with one attached hydrogen (secondary N) is 1. The van der Waals surface area contributed by atoms with Gasteiger partial charge in [0.15, 0.2) is 0 Å². The van der Waals surface area contributed by atoms with E-state index in [9.17, 15) is 9.59 Å². The maximum Gasteiger partial charge on any atom is 0.341 e. The lowest BCUT2D eigenvalue weighted by atomic mass is 9.88. The van der Waals surface area contributed by atoms with Gasteiger partial charge in [0.1, 0.15) is 5.00 Å². The summed E-state index contributed by atoms with van der Waals surface area (Å²) < 4.78 is 5.29. The molecule has 2 aromatic carbocycles. The first-order valence-corrected chi connectivity index (χ1v) is 10.5. The van der Waals surface area contributed by atoms with Crippen molar-refractivity contribution in [3.05, 3.63) is 64.0 Å². The van der Waals surface area contributed by atoms with E-state index in [1.165, 1.54) is 16.2 Å². The highest BCUT2D eigenvalue weighted by Crippen LogP contribution is 2.40. The molecular formula is C23H23NO3S. The molecule has 4 nitrogen and oxygen atoms in total. The number of amides is 1. The molecule has 4 rings (SSSR count). The van der Waals surface area contributed by atoms with E-state index in [1.54, 1.807) is 6.92 Å².